The van der Waals surface area contributed by atoms with Gasteiger partial charge < -0.3 is 10.5 Å². The van der Waals surface area contributed by atoms with E-state index in [1.807, 2.05) is 26.0 Å². The Kier molecular flexibility index (Phi) is 5.55. The number of hydrogen-bond donors (Lipinski definition) is 1. The van der Waals surface area contributed by atoms with Gasteiger partial charge in [0.05, 0.1) is 12.7 Å². The number of benzene rings is 1. The summed E-state index contributed by atoms with van der Waals surface area (Å²) in [6, 6.07) is 3.82. The first kappa shape index (κ1) is 15.7. The summed E-state index contributed by atoms with van der Waals surface area (Å²) in [6.45, 7) is 8.58. The zero-order valence-corrected chi connectivity index (χ0v) is 12.6. The topological polar surface area (TPSA) is 52.3 Å². The average Bonchev–Trinajstić information content (AvgIpc) is 2.37. The summed E-state index contributed by atoms with van der Waals surface area (Å²) in [4.78, 5) is 12.6. The second-order valence-corrected chi connectivity index (χ2v) is 5.51. The summed E-state index contributed by atoms with van der Waals surface area (Å²) < 4.78 is 5.42. The highest BCUT2D eigenvalue weighted by molar-refractivity contribution is 6.01. The monoisotopic (exact) mass is 263 g/mol. The van der Waals surface area contributed by atoms with Gasteiger partial charge in [-0.05, 0) is 43.4 Å². The Morgan fingerprint density at radius 3 is 2.42 bits per heavy atom. The third kappa shape index (κ3) is 3.57. The van der Waals surface area contributed by atoms with Gasteiger partial charge in [0, 0.05) is 12.5 Å². The molecule has 0 amide bonds. The van der Waals surface area contributed by atoms with Gasteiger partial charge in [-0.15, -0.1) is 0 Å². The first-order valence-electron chi connectivity index (χ1n) is 6.80. The zero-order valence-electron chi connectivity index (χ0n) is 12.6. The van der Waals surface area contributed by atoms with Gasteiger partial charge in [0.25, 0.3) is 0 Å². The van der Waals surface area contributed by atoms with Crippen LogP contribution >= 0.6 is 0 Å². The van der Waals surface area contributed by atoms with Gasteiger partial charge in [-0.1, -0.05) is 19.9 Å². The van der Waals surface area contributed by atoms with Crippen LogP contribution in [-0.4, -0.2) is 19.4 Å². The fraction of sp³-hybridized carbons (Fsp3) is 0.562. The van der Waals surface area contributed by atoms with E-state index in [0.717, 1.165) is 17.5 Å². The van der Waals surface area contributed by atoms with Crippen LogP contribution in [0.25, 0.3) is 0 Å². The lowest BCUT2D eigenvalue weighted by Gasteiger charge is -2.19. The minimum Gasteiger partial charge on any atom is -0.496 e. The number of ketones is 1. The molecule has 0 radical (unpaired) electrons. The third-order valence-corrected chi connectivity index (χ3v) is 3.56. The van der Waals surface area contributed by atoms with E-state index in [9.17, 15) is 4.79 Å². The molecule has 0 spiro atoms. The van der Waals surface area contributed by atoms with Crippen LogP contribution in [-0.2, 0) is 0 Å². The average molecular weight is 263 g/mol. The SMILES string of the molecule is COc1c(C(=O)C(CN)CC(C)C)ccc(C)c1C. The minimum atomic E-state index is -0.129. The molecular formula is C16H25NO2. The quantitative estimate of drug-likeness (QED) is 0.802. The van der Waals surface area contributed by atoms with Crippen molar-refractivity contribution in [2.75, 3.05) is 13.7 Å². The first-order chi connectivity index (χ1) is 8.92. The van der Waals surface area contributed by atoms with Gasteiger partial charge in [-0.3, -0.25) is 4.79 Å². The molecule has 0 aliphatic carbocycles. The van der Waals surface area contributed by atoms with Crippen molar-refractivity contribution >= 4 is 5.78 Å². The van der Waals surface area contributed by atoms with Crippen LogP contribution in [0.2, 0.25) is 0 Å². The van der Waals surface area contributed by atoms with Gasteiger partial charge in [0.15, 0.2) is 5.78 Å². The molecule has 0 aliphatic rings. The third-order valence-electron chi connectivity index (χ3n) is 3.56. The molecule has 0 bridgehead atoms. The summed E-state index contributed by atoms with van der Waals surface area (Å²) in [6.07, 6.45) is 0.811. The zero-order chi connectivity index (χ0) is 14.6. The van der Waals surface area contributed by atoms with Crippen molar-refractivity contribution in [2.45, 2.75) is 34.1 Å². The van der Waals surface area contributed by atoms with E-state index in [-0.39, 0.29) is 11.7 Å². The van der Waals surface area contributed by atoms with Crippen molar-refractivity contribution in [3.8, 4) is 5.75 Å². The van der Waals surface area contributed by atoms with Crippen molar-refractivity contribution < 1.29 is 9.53 Å². The highest BCUT2D eigenvalue weighted by atomic mass is 16.5. The van der Waals surface area contributed by atoms with Crippen molar-refractivity contribution in [3.63, 3.8) is 0 Å². The summed E-state index contributed by atoms with van der Waals surface area (Å²) >= 11 is 0. The normalized spacial score (nSPS) is 12.6. The van der Waals surface area contributed by atoms with Gasteiger partial charge in [-0.2, -0.15) is 0 Å². The highest BCUT2D eigenvalue weighted by Gasteiger charge is 2.23. The van der Waals surface area contributed by atoms with Crippen LogP contribution in [0.1, 0.15) is 41.8 Å². The molecule has 0 aliphatic heterocycles. The van der Waals surface area contributed by atoms with Gasteiger partial charge in [-0.25, -0.2) is 0 Å². The molecule has 2 N–H and O–H groups in total. The summed E-state index contributed by atoms with van der Waals surface area (Å²) in [5.74, 6) is 1.11. The predicted octanol–water partition coefficient (Wildman–Crippen LogP) is 3.12. The second-order valence-electron chi connectivity index (χ2n) is 5.51. The second kappa shape index (κ2) is 6.71. The number of methoxy groups -OCH3 is 1. The largest absolute Gasteiger partial charge is 0.496 e. The lowest BCUT2D eigenvalue weighted by molar-refractivity contribution is 0.0905. The summed E-state index contributed by atoms with van der Waals surface area (Å²) in [5.41, 5.74) is 8.56. The van der Waals surface area contributed by atoms with E-state index in [0.29, 0.717) is 23.8 Å². The number of carbonyl (C=O) groups is 1. The molecule has 1 rings (SSSR count). The summed E-state index contributed by atoms with van der Waals surface area (Å²) in [7, 11) is 1.61. The molecule has 106 valence electrons. The lowest BCUT2D eigenvalue weighted by Crippen LogP contribution is -2.26. The Hall–Kier alpha value is -1.35. The maximum Gasteiger partial charge on any atom is 0.170 e. The van der Waals surface area contributed by atoms with Gasteiger partial charge in [0.1, 0.15) is 5.75 Å². The fourth-order valence-electron chi connectivity index (χ4n) is 2.35. The van der Waals surface area contributed by atoms with E-state index in [4.69, 9.17) is 10.5 Å². The Bertz CT molecular complexity index is 452. The molecule has 19 heavy (non-hydrogen) atoms. The molecule has 0 heterocycles. The number of hydrogen-bond acceptors (Lipinski definition) is 3. The number of Topliss-reactive ketones (excluding diaryl/α,β-unsaturated/α-hetero) is 1. The minimum absolute atomic E-state index is 0.0937. The van der Waals surface area contributed by atoms with Crippen molar-refractivity contribution in [1.29, 1.82) is 0 Å². The van der Waals surface area contributed by atoms with E-state index in [1.54, 1.807) is 7.11 Å². The lowest BCUT2D eigenvalue weighted by atomic mass is 9.88. The van der Waals surface area contributed by atoms with Crippen LogP contribution in [0.3, 0.4) is 0 Å². The molecule has 0 aromatic heterocycles. The summed E-state index contributed by atoms with van der Waals surface area (Å²) in [5, 5.41) is 0. The van der Waals surface area contributed by atoms with Gasteiger partial charge in [0.2, 0.25) is 0 Å². The van der Waals surface area contributed by atoms with Crippen molar-refractivity contribution in [2.24, 2.45) is 17.6 Å². The molecule has 1 aromatic carbocycles. The van der Waals surface area contributed by atoms with Crippen LogP contribution < -0.4 is 10.5 Å². The number of nitrogens with two attached hydrogens (primary N) is 1. The molecule has 0 saturated carbocycles. The Balaban J connectivity index is 3.14. The Morgan fingerprint density at radius 2 is 1.95 bits per heavy atom. The molecule has 0 fully saturated rings. The molecule has 1 atom stereocenters. The number of carbonyl (C=O) groups excluding carboxylic acids is 1. The van der Waals surface area contributed by atoms with Crippen molar-refractivity contribution in [1.82, 2.24) is 0 Å². The predicted molar refractivity (Wildman–Crippen MR) is 78.8 cm³/mol. The van der Waals surface area contributed by atoms with E-state index in [2.05, 4.69) is 13.8 Å². The van der Waals surface area contributed by atoms with E-state index < -0.39 is 0 Å². The molecule has 1 aromatic rings. The number of aryl methyl sites for hydroxylation is 1. The van der Waals surface area contributed by atoms with Crippen molar-refractivity contribution in [3.05, 3.63) is 28.8 Å². The molecule has 1 unspecified atom stereocenters. The smallest absolute Gasteiger partial charge is 0.170 e. The molecule has 3 heteroatoms. The maximum atomic E-state index is 12.6. The Morgan fingerprint density at radius 1 is 1.32 bits per heavy atom. The van der Waals surface area contributed by atoms with Crippen LogP contribution in [0.5, 0.6) is 5.75 Å². The Labute approximate surface area is 116 Å². The maximum absolute atomic E-state index is 12.6. The van der Waals surface area contributed by atoms with Gasteiger partial charge >= 0.3 is 0 Å². The van der Waals surface area contributed by atoms with E-state index in [1.165, 1.54) is 0 Å². The van der Waals surface area contributed by atoms with E-state index >= 15 is 0 Å². The molecule has 0 saturated heterocycles. The number of ether oxygens (including phenoxy) is 1. The van der Waals surface area contributed by atoms with Crippen LogP contribution in [0, 0.1) is 25.7 Å². The standard InChI is InChI=1S/C16H25NO2/c1-10(2)8-13(9-17)15(18)14-7-6-11(3)12(4)16(14)19-5/h6-7,10,13H,8-9,17H2,1-5H3. The first-order valence-corrected chi connectivity index (χ1v) is 6.80. The molecular weight excluding hydrogens is 238 g/mol. The molecule has 3 nitrogen and oxygen atoms in total. The fourth-order valence-corrected chi connectivity index (χ4v) is 2.35. The van der Waals surface area contributed by atoms with Crippen LogP contribution in [0.15, 0.2) is 12.1 Å². The highest BCUT2D eigenvalue weighted by Crippen LogP contribution is 2.29. The van der Waals surface area contributed by atoms with Crippen LogP contribution in [0.4, 0.5) is 0 Å². The number of rotatable bonds is 6.